The molecule has 0 heterocycles. The van der Waals surface area contributed by atoms with Crippen molar-refractivity contribution in [3.05, 3.63) is 25.5 Å². The lowest BCUT2D eigenvalue weighted by atomic mass is 10.3. The van der Waals surface area contributed by atoms with Crippen LogP contribution in [0.2, 0.25) is 0 Å². The molecule has 1 unspecified atom stereocenters. The second kappa shape index (κ2) is 14.7. The number of aliphatic hydroxyl groups is 1. The van der Waals surface area contributed by atoms with E-state index in [9.17, 15) is 0 Å². The van der Waals surface area contributed by atoms with Crippen LogP contribution in [0.3, 0.4) is 0 Å². The van der Waals surface area contributed by atoms with Crippen molar-refractivity contribution in [1.29, 1.82) is 0 Å². The van der Waals surface area contributed by atoms with Gasteiger partial charge in [-0.3, -0.25) is 0 Å². The van der Waals surface area contributed by atoms with Crippen LogP contribution >= 0.6 is 0 Å². The van der Waals surface area contributed by atoms with Crippen molar-refractivity contribution in [2.75, 3.05) is 20.3 Å². The minimum Gasteiger partial charge on any atom is -0.502 e. The highest BCUT2D eigenvalue weighted by Crippen LogP contribution is 1.90. The summed E-state index contributed by atoms with van der Waals surface area (Å²) in [6.45, 7) is 10.1. The Morgan fingerprint density at radius 2 is 2.07 bits per heavy atom. The molecule has 0 aliphatic carbocycles. The van der Waals surface area contributed by atoms with E-state index < -0.39 is 0 Å². The first-order valence-electron chi connectivity index (χ1n) is 4.73. The number of hydrogen-bond acceptors (Lipinski definition) is 3. The number of aliphatic hydroxyl groups excluding tert-OH is 1. The van der Waals surface area contributed by atoms with Crippen molar-refractivity contribution in [2.45, 2.75) is 25.9 Å². The topological polar surface area (TPSA) is 38.7 Å². The molecule has 0 amide bonds. The Bertz CT molecular complexity index is 124. The third-order valence-corrected chi connectivity index (χ3v) is 1.24. The maximum Gasteiger partial charge on any atom is 0.0870 e. The Morgan fingerprint density at radius 3 is 2.36 bits per heavy atom. The summed E-state index contributed by atoms with van der Waals surface area (Å²) in [5, 5.41) is 8.85. The van der Waals surface area contributed by atoms with E-state index in [1.165, 1.54) is 6.26 Å². The lowest BCUT2D eigenvalue weighted by molar-refractivity contribution is 0.0667. The summed E-state index contributed by atoms with van der Waals surface area (Å²) in [5.74, 6) is 0. The Hall–Kier alpha value is -0.800. The van der Waals surface area contributed by atoms with Crippen molar-refractivity contribution in [1.82, 2.24) is 0 Å². The van der Waals surface area contributed by atoms with Crippen LogP contribution in [0.25, 0.3) is 0 Å². The van der Waals surface area contributed by atoms with E-state index >= 15 is 0 Å². The molecule has 0 aliphatic rings. The standard InChI is InChI=1S/C6H12O2.C5H10O/c1-3-4-6(7)5-8-2;1-3-5-6-4-2/h3,6-7H,1,4-5H2,2H3;4H,2-3,5H2,1H3. The highest BCUT2D eigenvalue weighted by molar-refractivity contribution is 4.71. The average Bonchev–Trinajstić information content (AvgIpc) is 2.16. The third kappa shape index (κ3) is 17.3. The number of methoxy groups -OCH3 is 1. The third-order valence-electron chi connectivity index (χ3n) is 1.24. The van der Waals surface area contributed by atoms with Gasteiger partial charge in [0, 0.05) is 7.11 Å². The largest absolute Gasteiger partial charge is 0.502 e. The molecular weight excluding hydrogens is 180 g/mol. The Kier molecular flexibility index (Phi) is 16.5. The molecule has 0 fully saturated rings. The first-order chi connectivity index (χ1) is 6.72. The second-order valence-electron chi connectivity index (χ2n) is 2.67. The van der Waals surface area contributed by atoms with Crippen LogP contribution in [0.4, 0.5) is 0 Å². The number of rotatable bonds is 7. The Morgan fingerprint density at radius 1 is 1.43 bits per heavy atom. The molecule has 1 atom stereocenters. The van der Waals surface area contributed by atoms with E-state index in [4.69, 9.17) is 9.84 Å². The van der Waals surface area contributed by atoms with Crippen LogP contribution in [-0.2, 0) is 9.47 Å². The normalized spacial score (nSPS) is 10.8. The molecular formula is C11H22O3. The molecule has 0 rings (SSSR count). The molecule has 0 aromatic heterocycles. The molecule has 0 aromatic rings. The van der Waals surface area contributed by atoms with E-state index in [1.807, 2.05) is 0 Å². The highest BCUT2D eigenvalue weighted by Gasteiger charge is 1.96. The van der Waals surface area contributed by atoms with Gasteiger partial charge in [0.05, 0.1) is 25.6 Å². The molecule has 0 spiro atoms. The van der Waals surface area contributed by atoms with Gasteiger partial charge in [0.15, 0.2) is 0 Å². The predicted octanol–water partition coefficient (Wildman–Crippen LogP) is 2.13. The monoisotopic (exact) mass is 202 g/mol. The van der Waals surface area contributed by atoms with Gasteiger partial charge in [-0.15, -0.1) is 6.58 Å². The van der Waals surface area contributed by atoms with Crippen LogP contribution < -0.4 is 0 Å². The fourth-order valence-electron chi connectivity index (χ4n) is 0.654. The lowest BCUT2D eigenvalue weighted by Gasteiger charge is -2.03. The minimum atomic E-state index is -0.377. The van der Waals surface area contributed by atoms with Crippen LogP contribution in [0.1, 0.15) is 19.8 Å². The van der Waals surface area contributed by atoms with Crippen molar-refractivity contribution in [3.8, 4) is 0 Å². The molecule has 84 valence electrons. The lowest BCUT2D eigenvalue weighted by Crippen LogP contribution is -2.11. The summed E-state index contributed by atoms with van der Waals surface area (Å²) >= 11 is 0. The van der Waals surface area contributed by atoms with Crippen LogP contribution in [0.5, 0.6) is 0 Å². The summed E-state index contributed by atoms with van der Waals surface area (Å²) in [5.41, 5.74) is 0. The predicted molar refractivity (Wildman–Crippen MR) is 59.1 cm³/mol. The van der Waals surface area contributed by atoms with Crippen LogP contribution in [0.15, 0.2) is 25.5 Å². The molecule has 0 aliphatic heterocycles. The van der Waals surface area contributed by atoms with Gasteiger partial charge in [0.2, 0.25) is 0 Å². The minimum absolute atomic E-state index is 0.377. The quantitative estimate of drug-likeness (QED) is 0.390. The van der Waals surface area contributed by atoms with Gasteiger partial charge in [0.1, 0.15) is 0 Å². The number of hydrogen-bond donors (Lipinski definition) is 1. The molecule has 1 N–H and O–H groups in total. The number of ether oxygens (including phenoxy) is 2. The molecule has 3 nitrogen and oxygen atoms in total. The van der Waals surface area contributed by atoms with E-state index in [-0.39, 0.29) is 6.10 Å². The molecule has 3 heteroatoms. The van der Waals surface area contributed by atoms with Crippen molar-refractivity contribution in [2.24, 2.45) is 0 Å². The maximum atomic E-state index is 8.85. The fraction of sp³-hybridized carbons (Fsp3) is 0.636. The zero-order chi connectivity index (χ0) is 11.2. The SMILES string of the molecule is C=CCC(O)COC.C=COCCC. The molecule has 0 bridgehead atoms. The van der Waals surface area contributed by atoms with Gasteiger partial charge >= 0.3 is 0 Å². The summed E-state index contributed by atoms with van der Waals surface area (Å²) in [4.78, 5) is 0. The molecule has 14 heavy (non-hydrogen) atoms. The summed E-state index contributed by atoms with van der Waals surface area (Å²) in [7, 11) is 1.56. The molecule has 0 radical (unpaired) electrons. The fourth-order valence-corrected chi connectivity index (χ4v) is 0.654. The van der Waals surface area contributed by atoms with E-state index in [2.05, 4.69) is 24.8 Å². The molecule has 0 saturated carbocycles. The summed E-state index contributed by atoms with van der Waals surface area (Å²) < 4.78 is 9.40. The maximum absolute atomic E-state index is 8.85. The smallest absolute Gasteiger partial charge is 0.0870 e. The van der Waals surface area contributed by atoms with Gasteiger partial charge in [-0.25, -0.2) is 0 Å². The molecule has 0 aromatic carbocycles. The second-order valence-corrected chi connectivity index (χ2v) is 2.67. The zero-order valence-electron chi connectivity index (χ0n) is 9.24. The molecule has 0 saturated heterocycles. The average molecular weight is 202 g/mol. The first-order valence-corrected chi connectivity index (χ1v) is 4.73. The van der Waals surface area contributed by atoms with Crippen LogP contribution in [-0.4, -0.2) is 31.5 Å². The van der Waals surface area contributed by atoms with Gasteiger partial charge in [0.25, 0.3) is 0 Å². The van der Waals surface area contributed by atoms with Gasteiger partial charge in [-0.1, -0.05) is 19.6 Å². The summed E-state index contributed by atoms with van der Waals surface area (Å²) in [6, 6.07) is 0. The van der Waals surface area contributed by atoms with Gasteiger partial charge in [-0.05, 0) is 12.8 Å². The van der Waals surface area contributed by atoms with Crippen molar-refractivity contribution < 1.29 is 14.6 Å². The first kappa shape index (κ1) is 15.7. The van der Waals surface area contributed by atoms with E-state index in [0.29, 0.717) is 13.0 Å². The van der Waals surface area contributed by atoms with Gasteiger partial charge in [-0.2, -0.15) is 0 Å². The Labute approximate surface area is 87.0 Å². The Balaban J connectivity index is 0. The van der Waals surface area contributed by atoms with Crippen LogP contribution in [0, 0.1) is 0 Å². The van der Waals surface area contributed by atoms with E-state index in [1.54, 1.807) is 13.2 Å². The highest BCUT2D eigenvalue weighted by atomic mass is 16.5. The van der Waals surface area contributed by atoms with Crippen molar-refractivity contribution in [3.63, 3.8) is 0 Å². The summed E-state index contributed by atoms with van der Waals surface area (Å²) in [6.07, 6.45) is 4.42. The van der Waals surface area contributed by atoms with Crippen molar-refractivity contribution >= 4 is 0 Å². The zero-order valence-corrected chi connectivity index (χ0v) is 9.24. The van der Waals surface area contributed by atoms with Gasteiger partial charge < -0.3 is 14.6 Å². The van der Waals surface area contributed by atoms with E-state index in [0.717, 1.165) is 13.0 Å².